The highest BCUT2D eigenvalue weighted by Gasteiger charge is 2.35. The Morgan fingerprint density at radius 3 is 2.55 bits per heavy atom. The quantitative estimate of drug-likeness (QED) is 0.539. The van der Waals surface area contributed by atoms with E-state index in [2.05, 4.69) is 34.7 Å². The molecule has 1 aromatic heterocycles. The van der Waals surface area contributed by atoms with Gasteiger partial charge in [-0.15, -0.1) is 10.2 Å². The van der Waals surface area contributed by atoms with Crippen molar-refractivity contribution in [3.05, 3.63) is 40.4 Å². The van der Waals surface area contributed by atoms with E-state index >= 15 is 0 Å². The number of hydrogen-bond donors (Lipinski definition) is 2. The van der Waals surface area contributed by atoms with Gasteiger partial charge in [-0.3, -0.25) is 14.9 Å². The molecule has 1 saturated heterocycles. The number of ether oxygens (including phenoxy) is 1. The molecule has 3 rings (SSSR count). The van der Waals surface area contributed by atoms with Crippen LogP contribution in [0.3, 0.4) is 0 Å². The van der Waals surface area contributed by atoms with Crippen LogP contribution in [0.1, 0.15) is 50.6 Å². The summed E-state index contributed by atoms with van der Waals surface area (Å²) < 4.78 is 32.0. The number of amides is 2. The first-order valence-electron chi connectivity index (χ1n) is 10.2. The van der Waals surface area contributed by atoms with Crippen LogP contribution in [-0.4, -0.2) is 40.8 Å². The van der Waals surface area contributed by atoms with Gasteiger partial charge in [-0.2, -0.15) is 0 Å². The molecule has 1 aromatic carbocycles. The number of anilines is 1. The van der Waals surface area contributed by atoms with E-state index in [-0.39, 0.29) is 23.5 Å². The molecule has 2 amide bonds. The monoisotopic (exact) mass is 452 g/mol. The van der Waals surface area contributed by atoms with Crippen LogP contribution >= 0.6 is 11.3 Å². The lowest BCUT2D eigenvalue weighted by Crippen LogP contribution is -2.44. The van der Waals surface area contributed by atoms with Crippen LogP contribution in [0.25, 0.3) is 0 Å². The van der Waals surface area contributed by atoms with Crippen LogP contribution in [0.15, 0.2) is 18.2 Å². The Hall–Kier alpha value is -2.46. The number of nitrogens with zero attached hydrogens (tertiary/aromatic N) is 2. The first-order valence-corrected chi connectivity index (χ1v) is 11.0. The summed E-state index contributed by atoms with van der Waals surface area (Å²) in [6.45, 7) is 6.75. The molecule has 0 aliphatic carbocycles. The minimum atomic E-state index is -0.795. The highest BCUT2D eigenvalue weighted by molar-refractivity contribution is 7.15. The molecular formula is C21H26F2N4O3S. The van der Waals surface area contributed by atoms with Crippen molar-refractivity contribution in [1.82, 2.24) is 15.5 Å². The molecule has 2 atom stereocenters. The van der Waals surface area contributed by atoms with E-state index in [0.717, 1.165) is 36.2 Å². The molecule has 2 N–H and O–H groups in total. The molecule has 0 saturated carbocycles. The van der Waals surface area contributed by atoms with Crippen molar-refractivity contribution in [1.29, 1.82) is 0 Å². The van der Waals surface area contributed by atoms with Crippen molar-refractivity contribution < 1.29 is 23.1 Å². The molecule has 1 aliphatic heterocycles. The summed E-state index contributed by atoms with van der Waals surface area (Å²) in [5, 5.41) is 14.8. The third kappa shape index (κ3) is 6.76. The lowest BCUT2D eigenvalue weighted by molar-refractivity contribution is -0.126. The zero-order valence-corrected chi connectivity index (χ0v) is 18.5. The van der Waals surface area contributed by atoms with Crippen molar-refractivity contribution in [3.8, 4) is 0 Å². The van der Waals surface area contributed by atoms with E-state index in [9.17, 15) is 18.4 Å². The molecule has 2 aromatic rings. The standard InChI is InChI=1S/C21H26F2N4O3S/c1-4-5-16(24-17(28)8-12-6-13(22)9-14(23)7-12)18(29)25-20-27-26-19(31-20)21(2,3)10-15-11-30-15/h6-7,9,15-16H,4-5,8,10-11H2,1-3H3,(H,24,28)(H,25,27,29). The summed E-state index contributed by atoms with van der Waals surface area (Å²) in [6.07, 6.45) is 1.90. The van der Waals surface area contributed by atoms with Gasteiger partial charge < -0.3 is 10.1 Å². The van der Waals surface area contributed by atoms with Crippen LogP contribution in [0.5, 0.6) is 0 Å². The summed E-state index contributed by atoms with van der Waals surface area (Å²) in [5.41, 5.74) is -0.0275. The number of halogens is 2. The first kappa shape index (κ1) is 23.2. The second-order valence-electron chi connectivity index (χ2n) is 8.31. The van der Waals surface area contributed by atoms with Gasteiger partial charge >= 0.3 is 0 Å². The maximum absolute atomic E-state index is 13.3. The lowest BCUT2D eigenvalue weighted by atomic mass is 9.89. The molecule has 1 aliphatic rings. The summed E-state index contributed by atoms with van der Waals surface area (Å²) in [7, 11) is 0. The number of epoxide rings is 1. The molecule has 7 nitrogen and oxygen atoms in total. The van der Waals surface area contributed by atoms with Crippen LogP contribution in [-0.2, 0) is 26.2 Å². The van der Waals surface area contributed by atoms with E-state index in [1.54, 1.807) is 0 Å². The van der Waals surface area contributed by atoms with Crippen molar-refractivity contribution in [2.75, 3.05) is 11.9 Å². The summed E-state index contributed by atoms with van der Waals surface area (Å²) >= 11 is 1.29. The van der Waals surface area contributed by atoms with E-state index in [1.165, 1.54) is 11.3 Å². The van der Waals surface area contributed by atoms with Crippen LogP contribution in [0.2, 0.25) is 0 Å². The predicted molar refractivity (Wildman–Crippen MR) is 113 cm³/mol. The van der Waals surface area contributed by atoms with Gasteiger partial charge in [0.05, 0.1) is 19.1 Å². The number of nitrogens with one attached hydrogen (secondary N) is 2. The number of carbonyl (C=O) groups excluding carboxylic acids is 2. The molecule has 0 bridgehead atoms. The van der Waals surface area contributed by atoms with Gasteiger partial charge in [0.1, 0.15) is 22.7 Å². The van der Waals surface area contributed by atoms with E-state index in [0.29, 0.717) is 18.0 Å². The van der Waals surface area contributed by atoms with Crippen LogP contribution in [0, 0.1) is 11.6 Å². The fourth-order valence-electron chi connectivity index (χ4n) is 3.28. The molecule has 31 heavy (non-hydrogen) atoms. The normalized spacial score (nSPS) is 16.6. The lowest BCUT2D eigenvalue weighted by Gasteiger charge is -2.19. The van der Waals surface area contributed by atoms with Crippen LogP contribution < -0.4 is 10.6 Å². The minimum absolute atomic E-state index is 0.196. The third-order valence-corrected chi connectivity index (χ3v) is 6.10. The number of benzene rings is 1. The van der Waals surface area contributed by atoms with Gasteiger partial charge in [-0.25, -0.2) is 8.78 Å². The van der Waals surface area contributed by atoms with Crippen molar-refractivity contribution >= 4 is 28.3 Å². The van der Waals surface area contributed by atoms with Gasteiger partial charge in [-0.1, -0.05) is 38.5 Å². The zero-order chi connectivity index (χ0) is 22.6. The first-order chi connectivity index (χ1) is 14.7. The Balaban J connectivity index is 1.60. The Labute approximate surface area is 183 Å². The number of carbonyl (C=O) groups is 2. The molecule has 1 fully saturated rings. The van der Waals surface area contributed by atoms with E-state index < -0.39 is 29.5 Å². The number of aromatic nitrogens is 2. The molecule has 0 spiro atoms. The summed E-state index contributed by atoms with van der Waals surface area (Å²) in [5.74, 6) is -2.42. The number of rotatable bonds is 10. The minimum Gasteiger partial charge on any atom is -0.373 e. The van der Waals surface area contributed by atoms with Crippen LogP contribution in [0.4, 0.5) is 13.9 Å². The fraction of sp³-hybridized carbons (Fsp3) is 0.524. The molecule has 10 heteroatoms. The van der Waals surface area contributed by atoms with Gasteiger partial charge in [-0.05, 0) is 30.5 Å². The van der Waals surface area contributed by atoms with Gasteiger partial charge in [0.2, 0.25) is 16.9 Å². The zero-order valence-electron chi connectivity index (χ0n) is 17.7. The average molecular weight is 453 g/mol. The Morgan fingerprint density at radius 2 is 1.94 bits per heavy atom. The second-order valence-corrected chi connectivity index (χ2v) is 9.29. The molecule has 2 heterocycles. The summed E-state index contributed by atoms with van der Waals surface area (Å²) in [4.78, 5) is 25.1. The molecule has 2 unspecified atom stereocenters. The summed E-state index contributed by atoms with van der Waals surface area (Å²) in [6, 6.07) is 2.13. The van der Waals surface area contributed by atoms with E-state index in [4.69, 9.17) is 4.74 Å². The highest BCUT2D eigenvalue weighted by atomic mass is 32.1. The smallest absolute Gasteiger partial charge is 0.248 e. The third-order valence-electron chi connectivity index (χ3n) is 4.89. The van der Waals surface area contributed by atoms with Gasteiger partial charge in [0.15, 0.2) is 0 Å². The maximum atomic E-state index is 13.3. The van der Waals surface area contributed by atoms with Gasteiger partial charge in [0, 0.05) is 11.5 Å². The SMILES string of the molecule is CCCC(NC(=O)Cc1cc(F)cc(F)c1)C(=O)Nc1nnc(C(C)(C)CC2CO2)s1. The Morgan fingerprint density at radius 1 is 1.26 bits per heavy atom. The fourth-order valence-corrected chi connectivity index (χ4v) is 4.14. The largest absolute Gasteiger partial charge is 0.373 e. The Bertz CT molecular complexity index is 926. The average Bonchev–Trinajstić information content (AvgIpc) is 3.33. The van der Waals surface area contributed by atoms with Crippen molar-refractivity contribution in [2.45, 2.75) is 64.0 Å². The molecule has 168 valence electrons. The van der Waals surface area contributed by atoms with Crippen molar-refractivity contribution in [2.24, 2.45) is 0 Å². The van der Waals surface area contributed by atoms with Crippen molar-refractivity contribution in [3.63, 3.8) is 0 Å². The highest BCUT2D eigenvalue weighted by Crippen LogP contribution is 2.35. The Kier molecular flexibility index (Phi) is 7.32. The van der Waals surface area contributed by atoms with Gasteiger partial charge in [0.25, 0.3) is 0 Å². The van der Waals surface area contributed by atoms with E-state index in [1.807, 2.05) is 6.92 Å². The molecule has 0 radical (unpaired) electrons. The number of hydrogen-bond acceptors (Lipinski definition) is 6. The molecular weight excluding hydrogens is 426 g/mol. The predicted octanol–water partition coefficient (Wildman–Crippen LogP) is 3.35. The maximum Gasteiger partial charge on any atom is 0.248 e. The second kappa shape index (κ2) is 9.78. The topological polar surface area (TPSA) is 96.5 Å².